The highest BCUT2D eigenvalue weighted by molar-refractivity contribution is 5.85. The van der Waals surface area contributed by atoms with Crippen LogP contribution in [0.4, 0.5) is 5.82 Å². The molecule has 1 fully saturated rings. The largest absolute Gasteiger partial charge is 0.489 e. The average Bonchev–Trinajstić information content (AvgIpc) is 3.25. The van der Waals surface area contributed by atoms with Crippen molar-refractivity contribution < 1.29 is 4.74 Å². The molecule has 4 N–H and O–H groups in total. The van der Waals surface area contributed by atoms with E-state index in [4.69, 9.17) is 21.2 Å². The molecule has 0 spiro atoms. The summed E-state index contributed by atoms with van der Waals surface area (Å²) < 4.78 is 8.18. The summed E-state index contributed by atoms with van der Waals surface area (Å²) in [5.41, 5.74) is 16.1. The van der Waals surface area contributed by atoms with Gasteiger partial charge in [-0.2, -0.15) is 0 Å². The van der Waals surface area contributed by atoms with E-state index in [-0.39, 0.29) is 0 Å². The van der Waals surface area contributed by atoms with Crippen molar-refractivity contribution in [2.24, 2.45) is 11.7 Å². The first-order valence-electron chi connectivity index (χ1n) is 11.3. The number of imidazole rings is 1. The molecule has 0 unspecified atom stereocenters. The van der Waals surface area contributed by atoms with Gasteiger partial charge in [-0.05, 0) is 55.8 Å². The highest BCUT2D eigenvalue weighted by atomic mass is 16.5. The van der Waals surface area contributed by atoms with Crippen LogP contribution in [0.3, 0.4) is 0 Å². The SMILES string of the molecule is NCC1CCC(c2nc(-c3cccc(OCc4ccccc4)c3)c3c(N)nccn23)CC1. The molecule has 1 saturated carbocycles. The molecule has 0 radical (unpaired) electrons. The van der Waals surface area contributed by atoms with Crippen LogP contribution in [0.1, 0.15) is 43.0 Å². The van der Waals surface area contributed by atoms with Gasteiger partial charge in [0.15, 0.2) is 0 Å². The smallest absolute Gasteiger partial charge is 0.150 e. The molecule has 5 rings (SSSR count). The maximum Gasteiger partial charge on any atom is 0.150 e. The van der Waals surface area contributed by atoms with Gasteiger partial charge in [-0.15, -0.1) is 0 Å². The Morgan fingerprint density at radius 3 is 2.59 bits per heavy atom. The van der Waals surface area contributed by atoms with Crippen LogP contribution in [0.5, 0.6) is 5.75 Å². The molecule has 0 atom stereocenters. The van der Waals surface area contributed by atoms with E-state index in [1.165, 1.54) is 0 Å². The van der Waals surface area contributed by atoms with Gasteiger partial charge in [0.2, 0.25) is 0 Å². The van der Waals surface area contributed by atoms with E-state index < -0.39 is 0 Å². The lowest BCUT2D eigenvalue weighted by Gasteiger charge is -2.26. The Kier molecular flexibility index (Phi) is 5.77. The fraction of sp³-hybridized carbons (Fsp3) is 0.308. The molecule has 0 amide bonds. The second-order valence-electron chi connectivity index (χ2n) is 8.61. The van der Waals surface area contributed by atoms with Crippen molar-refractivity contribution in [2.75, 3.05) is 12.3 Å². The highest BCUT2D eigenvalue weighted by Crippen LogP contribution is 2.38. The molecule has 6 nitrogen and oxygen atoms in total. The van der Waals surface area contributed by atoms with E-state index in [0.717, 1.165) is 66.1 Å². The summed E-state index contributed by atoms with van der Waals surface area (Å²) >= 11 is 0. The van der Waals surface area contributed by atoms with Crippen molar-refractivity contribution >= 4 is 11.3 Å². The number of anilines is 1. The summed E-state index contributed by atoms with van der Waals surface area (Å²) in [5, 5.41) is 0. The molecule has 1 aliphatic rings. The van der Waals surface area contributed by atoms with Gasteiger partial charge in [0, 0.05) is 23.9 Å². The van der Waals surface area contributed by atoms with Gasteiger partial charge in [-0.3, -0.25) is 4.40 Å². The first-order chi connectivity index (χ1) is 15.7. The van der Waals surface area contributed by atoms with Crippen molar-refractivity contribution in [1.29, 1.82) is 0 Å². The number of fused-ring (bicyclic) bond motifs is 1. The maximum absolute atomic E-state index is 6.33. The molecular formula is C26H29N5O. The van der Waals surface area contributed by atoms with E-state index >= 15 is 0 Å². The zero-order chi connectivity index (χ0) is 21.9. The lowest BCUT2D eigenvalue weighted by atomic mass is 9.81. The van der Waals surface area contributed by atoms with Gasteiger partial charge in [-0.1, -0.05) is 42.5 Å². The standard InChI is InChI=1S/C26H29N5O/c27-16-18-9-11-20(12-10-18)26-30-23(24-25(28)29-13-14-31(24)26)21-7-4-8-22(15-21)32-17-19-5-2-1-3-6-19/h1-8,13-15,18,20H,9-12,16-17,27H2,(H2,28,29). The molecule has 32 heavy (non-hydrogen) atoms. The molecule has 4 aromatic rings. The molecule has 6 heteroatoms. The number of nitrogens with zero attached hydrogens (tertiary/aromatic N) is 3. The van der Waals surface area contributed by atoms with Crippen LogP contribution in [0.15, 0.2) is 67.0 Å². The number of nitrogens with two attached hydrogens (primary N) is 2. The van der Waals surface area contributed by atoms with Gasteiger partial charge in [0.1, 0.15) is 35.2 Å². The van der Waals surface area contributed by atoms with Crippen molar-refractivity contribution in [2.45, 2.75) is 38.2 Å². The Morgan fingerprint density at radius 1 is 1.00 bits per heavy atom. The van der Waals surface area contributed by atoms with E-state index in [0.29, 0.717) is 24.3 Å². The first kappa shape index (κ1) is 20.5. The number of hydrogen-bond donors (Lipinski definition) is 2. The van der Waals surface area contributed by atoms with Crippen LogP contribution >= 0.6 is 0 Å². The molecule has 1 aliphatic carbocycles. The topological polar surface area (TPSA) is 91.5 Å². The third-order valence-corrected chi connectivity index (χ3v) is 6.51. The summed E-state index contributed by atoms with van der Waals surface area (Å²) in [4.78, 5) is 9.46. The number of rotatable bonds is 6. The molecule has 0 saturated heterocycles. The third-order valence-electron chi connectivity index (χ3n) is 6.51. The summed E-state index contributed by atoms with van der Waals surface area (Å²) in [5.74, 6) is 3.39. The zero-order valence-corrected chi connectivity index (χ0v) is 18.2. The lowest BCUT2D eigenvalue weighted by molar-refractivity contribution is 0.306. The second-order valence-corrected chi connectivity index (χ2v) is 8.61. The number of aromatic nitrogens is 3. The van der Waals surface area contributed by atoms with E-state index in [9.17, 15) is 0 Å². The van der Waals surface area contributed by atoms with Crippen molar-refractivity contribution in [3.05, 3.63) is 78.4 Å². The maximum atomic E-state index is 6.33. The van der Waals surface area contributed by atoms with Gasteiger partial charge in [0.25, 0.3) is 0 Å². The summed E-state index contributed by atoms with van der Waals surface area (Å²) in [7, 11) is 0. The van der Waals surface area contributed by atoms with E-state index in [1.807, 2.05) is 42.6 Å². The van der Waals surface area contributed by atoms with Crippen molar-refractivity contribution in [1.82, 2.24) is 14.4 Å². The fourth-order valence-electron chi connectivity index (χ4n) is 4.71. The Bertz CT molecular complexity index is 1200. The number of ether oxygens (including phenoxy) is 1. The van der Waals surface area contributed by atoms with Crippen LogP contribution < -0.4 is 16.2 Å². The number of hydrogen-bond acceptors (Lipinski definition) is 5. The van der Waals surface area contributed by atoms with E-state index in [1.54, 1.807) is 6.20 Å². The first-order valence-corrected chi connectivity index (χ1v) is 11.3. The molecule has 0 bridgehead atoms. The predicted octanol–water partition coefficient (Wildman–Crippen LogP) is 4.79. The van der Waals surface area contributed by atoms with E-state index in [2.05, 4.69) is 27.6 Å². The van der Waals surface area contributed by atoms with Crippen LogP contribution in [0, 0.1) is 5.92 Å². The van der Waals surface area contributed by atoms with Crippen LogP contribution in [0.25, 0.3) is 16.8 Å². The third kappa shape index (κ3) is 4.06. The summed E-state index contributed by atoms with van der Waals surface area (Å²) in [6.07, 6.45) is 8.22. The molecule has 0 aliphatic heterocycles. The summed E-state index contributed by atoms with van der Waals surface area (Å²) in [6, 6.07) is 18.2. The lowest BCUT2D eigenvalue weighted by Crippen LogP contribution is -2.21. The normalized spacial score (nSPS) is 18.7. The van der Waals surface area contributed by atoms with Gasteiger partial charge >= 0.3 is 0 Å². The highest BCUT2D eigenvalue weighted by Gasteiger charge is 2.27. The Morgan fingerprint density at radius 2 is 1.81 bits per heavy atom. The van der Waals surface area contributed by atoms with Crippen molar-refractivity contribution in [3.8, 4) is 17.0 Å². The Labute approximate surface area is 188 Å². The van der Waals surface area contributed by atoms with Crippen LogP contribution in [-0.2, 0) is 6.61 Å². The number of nitrogen functional groups attached to an aromatic ring is 1. The molecule has 2 aromatic carbocycles. The van der Waals surface area contributed by atoms with Gasteiger partial charge in [-0.25, -0.2) is 9.97 Å². The van der Waals surface area contributed by atoms with Gasteiger partial charge < -0.3 is 16.2 Å². The Balaban J connectivity index is 1.48. The summed E-state index contributed by atoms with van der Waals surface area (Å²) in [6.45, 7) is 1.29. The van der Waals surface area contributed by atoms with Crippen LogP contribution in [-0.4, -0.2) is 20.9 Å². The quantitative estimate of drug-likeness (QED) is 0.462. The second kappa shape index (κ2) is 9.01. The predicted molar refractivity (Wildman–Crippen MR) is 127 cm³/mol. The minimum absolute atomic E-state index is 0.401. The molecule has 164 valence electrons. The monoisotopic (exact) mass is 427 g/mol. The van der Waals surface area contributed by atoms with Crippen molar-refractivity contribution in [3.63, 3.8) is 0 Å². The van der Waals surface area contributed by atoms with Crippen LogP contribution in [0.2, 0.25) is 0 Å². The minimum Gasteiger partial charge on any atom is -0.489 e. The number of benzene rings is 2. The minimum atomic E-state index is 0.401. The molecule has 2 aromatic heterocycles. The Hall–Kier alpha value is -3.38. The fourth-order valence-corrected chi connectivity index (χ4v) is 4.71. The van der Waals surface area contributed by atoms with Gasteiger partial charge in [0.05, 0.1) is 0 Å². The molecular weight excluding hydrogens is 398 g/mol. The molecule has 2 heterocycles. The zero-order valence-electron chi connectivity index (χ0n) is 18.2. The average molecular weight is 428 g/mol.